The van der Waals surface area contributed by atoms with Gasteiger partial charge in [-0.25, -0.2) is 4.39 Å². The minimum absolute atomic E-state index is 0.226. The lowest BCUT2D eigenvalue weighted by Gasteiger charge is -2.07. The van der Waals surface area contributed by atoms with Crippen molar-refractivity contribution in [2.24, 2.45) is 0 Å². The first kappa shape index (κ1) is 17.0. The highest BCUT2D eigenvalue weighted by atomic mass is 19.1. The Labute approximate surface area is 122 Å². The highest BCUT2D eigenvalue weighted by molar-refractivity contribution is 5.33. The lowest BCUT2D eigenvalue weighted by atomic mass is 10.1. The molecule has 1 rings (SSSR count). The first-order valence-electron chi connectivity index (χ1n) is 7.92. The average Bonchev–Trinajstić information content (AvgIpc) is 2.45. The molecule has 0 bridgehead atoms. The summed E-state index contributed by atoms with van der Waals surface area (Å²) in [5.41, 5.74) is 0.629. The molecule has 0 heterocycles. The van der Waals surface area contributed by atoms with Gasteiger partial charge in [0.05, 0.1) is 0 Å². The van der Waals surface area contributed by atoms with E-state index in [4.69, 9.17) is 0 Å². The predicted octanol–water partition coefficient (Wildman–Crippen LogP) is 4.76. The molecule has 20 heavy (non-hydrogen) atoms. The maximum Gasteiger partial charge on any atom is 0.165 e. The lowest BCUT2D eigenvalue weighted by Crippen LogP contribution is -2.14. The van der Waals surface area contributed by atoms with Gasteiger partial charge in [-0.1, -0.05) is 64.0 Å². The van der Waals surface area contributed by atoms with Gasteiger partial charge < -0.3 is 10.4 Å². The predicted molar refractivity (Wildman–Crippen MR) is 82.4 cm³/mol. The van der Waals surface area contributed by atoms with Crippen molar-refractivity contribution < 1.29 is 9.50 Å². The summed E-state index contributed by atoms with van der Waals surface area (Å²) in [6.07, 6.45) is 10.4. The van der Waals surface area contributed by atoms with Gasteiger partial charge in [0.15, 0.2) is 11.6 Å². The average molecular weight is 281 g/mol. The van der Waals surface area contributed by atoms with E-state index in [9.17, 15) is 9.50 Å². The van der Waals surface area contributed by atoms with Crippen LogP contribution in [0.1, 0.15) is 63.9 Å². The zero-order valence-corrected chi connectivity index (χ0v) is 12.6. The summed E-state index contributed by atoms with van der Waals surface area (Å²) in [5.74, 6) is -0.771. The molecule has 0 atom stereocenters. The minimum Gasteiger partial charge on any atom is -0.505 e. The van der Waals surface area contributed by atoms with Gasteiger partial charge in [-0.2, -0.15) is 0 Å². The minimum atomic E-state index is -0.545. The summed E-state index contributed by atoms with van der Waals surface area (Å²) in [6, 6.07) is 4.65. The van der Waals surface area contributed by atoms with E-state index >= 15 is 0 Å². The molecular weight excluding hydrogens is 253 g/mol. The van der Waals surface area contributed by atoms with Gasteiger partial charge in [-0.05, 0) is 19.0 Å². The Morgan fingerprint density at radius 1 is 1.00 bits per heavy atom. The molecule has 3 heteroatoms. The number of benzene rings is 1. The van der Waals surface area contributed by atoms with Crippen LogP contribution < -0.4 is 5.32 Å². The van der Waals surface area contributed by atoms with Gasteiger partial charge in [-0.3, -0.25) is 0 Å². The van der Waals surface area contributed by atoms with Gasteiger partial charge >= 0.3 is 0 Å². The molecular formula is C17H28FNO. The third-order valence-electron chi connectivity index (χ3n) is 3.59. The van der Waals surface area contributed by atoms with E-state index in [-0.39, 0.29) is 5.75 Å². The SMILES string of the molecule is CCCCCCCCCCNCc1cccc(F)c1O. The molecule has 0 radical (unpaired) electrons. The first-order valence-corrected chi connectivity index (χ1v) is 7.92. The smallest absolute Gasteiger partial charge is 0.165 e. The zero-order valence-electron chi connectivity index (χ0n) is 12.6. The number of unbranched alkanes of at least 4 members (excludes halogenated alkanes) is 7. The van der Waals surface area contributed by atoms with Crippen LogP contribution in [0.5, 0.6) is 5.75 Å². The molecule has 1 aromatic carbocycles. The van der Waals surface area contributed by atoms with E-state index in [1.54, 1.807) is 12.1 Å². The Hall–Kier alpha value is -1.09. The summed E-state index contributed by atoms with van der Waals surface area (Å²) < 4.78 is 13.1. The van der Waals surface area contributed by atoms with Crippen molar-refractivity contribution in [1.82, 2.24) is 5.32 Å². The number of para-hydroxylation sites is 1. The summed E-state index contributed by atoms with van der Waals surface area (Å²) in [7, 11) is 0. The van der Waals surface area contributed by atoms with Gasteiger partial charge in [0.1, 0.15) is 0 Å². The van der Waals surface area contributed by atoms with Gasteiger partial charge in [0.2, 0.25) is 0 Å². The molecule has 0 aliphatic heterocycles. The molecule has 0 spiro atoms. The molecule has 0 amide bonds. The Bertz CT molecular complexity index is 368. The second-order valence-corrected chi connectivity index (χ2v) is 5.40. The molecule has 0 unspecified atom stereocenters. The largest absolute Gasteiger partial charge is 0.505 e. The van der Waals surface area contributed by atoms with Crippen LogP contribution in [0.2, 0.25) is 0 Å². The van der Waals surface area contributed by atoms with E-state index in [1.165, 1.54) is 51.0 Å². The van der Waals surface area contributed by atoms with Crippen LogP contribution >= 0.6 is 0 Å². The van der Waals surface area contributed by atoms with E-state index in [1.807, 2.05) is 0 Å². The van der Waals surface area contributed by atoms with Crippen molar-refractivity contribution in [2.75, 3.05) is 6.54 Å². The number of halogens is 1. The number of hydrogen-bond donors (Lipinski definition) is 2. The number of phenolic OH excluding ortho intramolecular Hbond substituents is 1. The summed E-state index contributed by atoms with van der Waals surface area (Å²) in [5, 5.41) is 12.8. The third-order valence-corrected chi connectivity index (χ3v) is 3.59. The van der Waals surface area contributed by atoms with Crippen LogP contribution in [0, 0.1) is 5.82 Å². The molecule has 0 saturated heterocycles. The molecule has 114 valence electrons. The Kier molecular flexibility index (Phi) is 9.05. The fourth-order valence-electron chi connectivity index (χ4n) is 2.31. The normalized spacial score (nSPS) is 10.9. The number of phenols is 1. The Morgan fingerprint density at radius 3 is 2.35 bits per heavy atom. The highest BCUT2D eigenvalue weighted by Gasteiger charge is 2.05. The van der Waals surface area contributed by atoms with Crippen molar-refractivity contribution in [3.05, 3.63) is 29.6 Å². The van der Waals surface area contributed by atoms with Crippen molar-refractivity contribution in [3.8, 4) is 5.75 Å². The fraction of sp³-hybridized carbons (Fsp3) is 0.647. The second-order valence-electron chi connectivity index (χ2n) is 5.40. The van der Waals surface area contributed by atoms with Crippen LogP contribution in [-0.4, -0.2) is 11.7 Å². The van der Waals surface area contributed by atoms with Crippen LogP contribution in [0.15, 0.2) is 18.2 Å². The standard InChI is InChI=1S/C17H28FNO/c1-2-3-4-5-6-7-8-9-13-19-14-15-11-10-12-16(18)17(15)20/h10-12,19-20H,2-9,13-14H2,1H3. The summed E-state index contributed by atoms with van der Waals surface area (Å²) >= 11 is 0. The molecule has 0 aliphatic rings. The molecule has 2 N–H and O–H groups in total. The van der Waals surface area contributed by atoms with E-state index in [0.29, 0.717) is 12.1 Å². The molecule has 0 aromatic heterocycles. The van der Waals surface area contributed by atoms with E-state index in [2.05, 4.69) is 12.2 Å². The van der Waals surface area contributed by atoms with Crippen molar-refractivity contribution in [2.45, 2.75) is 64.8 Å². The Morgan fingerprint density at radius 2 is 1.65 bits per heavy atom. The van der Waals surface area contributed by atoms with Crippen LogP contribution in [0.3, 0.4) is 0 Å². The van der Waals surface area contributed by atoms with Crippen LogP contribution in [0.4, 0.5) is 4.39 Å². The third kappa shape index (κ3) is 6.90. The maximum atomic E-state index is 13.1. The molecule has 0 fully saturated rings. The molecule has 0 aliphatic carbocycles. The summed E-state index contributed by atoms with van der Waals surface area (Å²) in [4.78, 5) is 0. The monoisotopic (exact) mass is 281 g/mol. The topological polar surface area (TPSA) is 32.3 Å². The number of hydrogen-bond acceptors (Lipinski definition) is 2. The maximum absolute atomic E-state index is 13.1. The quantitative estimate of drug-likeness (QED) is 0.573. The van der Waals surface area contributed by atoms with Crippen molar-refractivity contribution in [3.63, 3.8) is 0 Å². The fourth-order valence-corrected chi connectivity index (χ4v) is 2.31. The number of rotatable bonds is 11. The first-order chi connectivity index (χ1) is 9.75. The molecule has 1 aromatic rings. The molecule has 2 nitrogen and oxygen atoms in total. The number of nitrogens with one attached hydrogen (secondary N) is 1. The van der Waals surface area contributed by atoms with Gasteiger partial charge in [-0.15, -0.1) is 0 Å². The zero-order chi connectivity index (χ0) is 14.6. The summed E-state index contributed by atoms with van der Waals surface area (Å²) in [6.45, 7) is 3.69. The van der Waals surface area contributed by atoms with E-state index in [0.717, 1.165) is 13.0 Å². The Balaban J connectivity index is 1.98. The van der Waals surface area contributed by atoms with Crippen LogP contribution in [-0.2, 0) is 6.54 Å². The van der Waals surface area contributed by atoms with Crippen molar-refractivity contribution >= 4 is 0 Å². The molecule has 0 saturated carbocycles. The highest BCUT2D eigenvalue weighted by Crippen LogP contribution is 2.20. The van der Waals surface area contributed by atoms with Crippen molar-refractivity contribution in [1.29, 1.82) is 0 Å². The lowest BCUT2D eigenvalue weighted by molar-refractivity contribution is 0.423. The van der Waals surface area contributed by atoms with Gasteiger partial charge in [0.25, 0.3) is 0 Å². The number of aromatic hydroxyl groups is 1. The van der Waals surface area contributed by atoms with Crippen LogP contribution in [0.25, 0.3) is 0 Å². The van der Waals surface area contributed by atoms with E-state index < -0.39 is 5.82 Å². The van der Waals surface area contributed by atoms with Gasteiger partial charge in [0, 0.05) is 12.1 Å². The second kappa shape index (κ2) is 10.7.